The highest BCUT2D eigenvalue weighted by molar-refractivity contribution is 5.66. The average molecular weight is 250 g/mol. The van der Waals surface area contributed by atoms with Gasteiger partial charge in [-0.2, -0.15) is 4.98 Å². The van der Waals surface area contributed by atoms with E-state index in [9.17, 15) is 0 Å². The molecular formula is C13H22N4O. The summed E-state index contributed by atoms with van der Waals surface area (Å²) >= 11 is 0. The van der Waals surface area contributed by atoms with Crippen LogP contribution in [0, 0.1) is 5.92 Å². The third kappa shape index (κ3) is 3.03. The van der Waals surface area contributed by atoms with Gasteiger partial charge in [0.05, 0.1) is 6.61 Å². The fourth-order valence-corrected chi connectivity index (χ4v) is 2.50. The molecule has 2 unspecified atom stereocenters. The molecule has 1 aromatic heterocycles. The Balaban J connectivity index is 2.06. The van der Waals surface area contributed by atoms with Crippen LogP contribution in [0.15, 0.2) is 6.33 Å². The second-order valence-electron chi connectivity index (χ2n) is 4.99. The lowest BCUT2D eigenvalue weighted by molar-refractivity contribution is 0.328. The molecule has 0 saturated heterocycles. The maximum absolute atomic E-state index is 6.01. The Morgan fingerprint density at radius 3 is 3.00 bits per heavy atom. The van der Waals surface area contributed by atoms with Crippen molar-refractivity contribution in [2.24, 2.45) is 5.92 Å². The van der Waals surface area contributed by atoms with Crippen molar-refractivity contribution in [3.63, 3.8) is 0 Å². The SMILES string of the molecule is CCOc1ncnc(NC2CCCC(C)C2)c1N. The number of aromatic nitrogens is 2. The van der Waals surface area contributed by atoms with Crippen LogP contribution in [0.1, 0.15) is 39.5 Å². The predicted molar refractivity (Wildman–Crippen MR) is 72.7 cm³/mol. The summed E-state index contributed by atoms with van der Waals surface area (Å²) in [6, 6.07) is 0.459. The fourth-order valence-electron chi connectivity index (χ4n) is 2.50. The zero-order chi connectivity index (χ0) is 13.0. The molecule has 1 aliphatic carbocycles. The number of nitrogen functional groups attached to an aromatic ring is 1. The van der Waals surface area contributed by atoms with Crippen molar-refractivity contribution in [3.05, 3.63) is 6.33 Å². The monoisotopic (exact) mass is 250 g/mol. The van der Waals surface area contributed by atoms with Gasteiger partial charge in [-0.3, -0.25) is 0 Å². The zero-order valence-corrected chi connectivity index (χ0v) is 11.1. The van der Waals surface area contributed by atoms with Gasteiger partial charge in [0.1, 0.15) is 12.0 Å². The maximum Gasteiger partial charge on any atom is 0.242 e. The van der Waals surface area contributed by atoms with E-state index in [2.05, 4.69) is 22.2 Å². The predicted octanol–water partition coefficient (Wildman–Crippen LogP) is 2.45. The molecule has 0 bridgehead atoms. The van der Waals surface area contributed by atoms with Crippen LogP contribution in [0.5, 0.6) is 5.88 Å². The van der Waals surface area contributed by atoms with Crippen molar-refractivity contribution in [2.45, 2.75) is 45.6 Å². The van der Waals surface area contributed by atoms with E-state index in [-0.39, 0.29) is 0 Å². The first-order valence-electron chi connectivity index (χ1n) is 6.70. The van der Waals surface area contributed by atoms with Crippen molar-refractivity contribution >= 4 is 11.5 Å². The minimum absolute atomic E-state index is 0.459. The van der Waals surface area contributed by atoms with Gasteiger partial charge in [0, 0.05) is 6.04 Å². The van der Waals surface area contributed by atoms with Crippen molar-refractivity contribution in [2.75, 3.05) is 17.7 Å². The van der Waals surface area contributed by atoms with E-state index in [1.165, 1.54) is 32.0 Å². The molecule has 2 atom stereocenters. The van der Waals surface area contributed by atoms with Crippen molar-refractivity contribution in [1.29, 1.82) is 0 Å². The number of anilines is 2. The van der Waals surface area contributed by atoms with Crippen LogP contribution < -0.4 is 15.8 Å². The number of hydrogen-bond acceptors (Lipinski definition) is 5. The second kappa shape index (κ2) is 5.89. The largest absolute Gasteiger partial charge is 0.476 e. The first kappa shape index (κ1) is 12.9. The molecule has 0 amide bonds. The van der Waals surface area contributed by atoms with Crippen molar-refractivity contribution in [3.8, 4) is 5.88 Å². The number of rotatable bonds is 4. The van der Waals surface area contributed by atoms with Crippen LogP contribution in [0.3, 0.4) is 0 Å². The van der Waals surface area contributed by atoms with E-state index in [4.69, 9.17) is 10.5 Å². The average Bonchev–Trinajstić information content (AvgIpc) is 2.35. The van der Waals surface area contributed by atoms with Crippen LogP contribution in [0.25, 0.3) is 0 Å². The number of ether oxygens (including phenoxy) is 1. The van der Waals surface area contributed by atoms with Gasteiger partial charge in [-0.05, 0) is 25.7 Å². The number of nitrogens with zero attached hydrogens (tertiary/aromatic N) is 2. The Hall–Kier alpha value is -1.52. The molecule has 1 fully saturated rings. The highest BCUT2D eigenvalue weighted by Gasteiger charge is 2.20. The van der Waals surface area contributed by atoms with Gasteiger partial charge in [-0.1, -0.05) is 19.8 Å². The molecule has 0 aliphatic heterocycles. The molecule has 2 rings (SSSR count). The summed E-state index contributed by atoms with van der Waals surface area (Å²) in [6.45, 7) is 4.77. The summed E-state index contributed by atoms with van der Waals surface area (Å²) in [4.78, 5) is 8.25. The lowest BCUT2D eigenvalue weighted by atomic mass is 9.87. The second-order valence-corrected chi connectivity index (χ2v) is 4.99. The first-order valence-corrected chi connectivity index (χ1v) is 6.70. The standard InChI is InChI=1S/C13H22N4O/c1-3-18-13-11(14)12(15-8-16-13)17-10-6-4-5-9(2)7-10/h8-10H,3-7,14H2,1-2H3,(H,15,16,17). The summed E-state index contributed by atoms with van der Waals surface area (Å²) in [5.41, 5.74) is 6.52. The van der Waals surface area contributed by atoms with Gasteiger partial charge >= 0.3 is 0 Å². The quantitative estimate of drug-likeness (QED) is 0.858. The van der Waals surface area contributed by atoms with Crippen molar-refractivity contribution in [1.82, 2.24) is 9.97 Å². The van der Waals surface area contributed by atoms with Crippen LogP contribution in [-0.2, 0) is 0 Å². The Labute approximate surface area is 108 Å². The van der Waals surface area contributed by atoms with Gasteiger partial charge < -0.3 is 15.8 Å². The third-order valence-corrected chi connectivity index (χ3v) is 3.41. The molecule has 3 N–H and O–H groups in total. The van der Waals surface area contributed by atoms with E-state index in [1.54, 1.807) is 0 Å². The highest BCUT2D eigenvalue weighted by atomic mass is 16.5. The summed E-state index contributed by atoms with van der Waals surface area (Å²) in [7, 11) is 0. The highest BCUT2D eigenvalue weighted by Crippen LogP contribution is 2.29. The van der Waals surface area contributed by atoms with Gasteiger partial charge in [0.2, 0.25) is 5.88 Å². The maximum atomic E-state index is 6.01. The molecule has 1 saturated carbocycles. The van der Waals surface area contributed by atoms with Crippen molar-refractivity contribution < 1.29 is 4.74 Å². The smallest absolute Gasteiger partial charge is 0.242 e. The van der Waals surface area contributed by atoms with E-state index in [0.29, 0.717) is 30.0 Å². The number of nitrogens with two attached hydrogens (primary N) is 1. The Morgan fingerprint density at radius 1 is 1.44 bits per heavy atom. The molecule has 1 heterocycles. The Morgan fingerprint density at radius 2 is 2.28 bits per heavy atom. The number of nitrogens with one attached hydrogen (secondary N) is 1. The molecule has 0 aromatic carbocycles. The summed E-state index contributed by atoms with van der Waals surface area (Å²) in [5, 5.41) is 3.42. The topological polar surface area (TPSA) is 73.1 Å². The van der Waals surface area contributed by atoms with Crippen LogP contribution >= 0.6 is 0 Å². The van der Waals surface area contributed by atoms with Gasteiger partial charge in [0.25, 0.3) is 0 Å². The molecule has 0 spiro atoms. The van der Waals surface area contributed by atoms with Gasteiger partial charge in [-0.15, -0.1) is 0 Å². The molecular weight excluding hydrogens is 228 g/mol. The van der Waals surface area contributed by atoms with E-state index in [0.717, 1.165) is 5.92 Å². The summed E-state index contributed by atoms with van der Waals surface area (Å²) < 4.78 is 5.37. The van der Waals surface area contributed by atoms with Crippen LogP contribution in [0.4, 0.5) is 11.5 Å². The molecule has 100 valence electrons. The fraction of sp³-hybridized carbons (Fsp3) is 0.692. The van der Waals surface area contributed by atoms with Crippen LogP contribution in [0.2, 0.25) is 0 Å². The van der Waals surface area contributed by atoms with Gasteiger partial charge in [0.15, 0.2) is 5.82 Å². The molecule has 5 nitrogen and oxygen atoms in total. The minimum atomic E-state index is 0.459. The minimum Gasteiger partial charge on any atom is -0.476 e. The normalized spacial score (nSPS) is 23.7. The lowest BCUT2D eigenvalue weighted by Crippen LogP contribution is -2.27. The van der Waals surface area contributed by atoms with E-state index >= 15 is 0 Å². The van der Waals surface area contributed by atoms with E-state index in [1.807, 2.05) is 6.92 Å². The first-order chi connectivity index (χ1) is 8.70. The molecule has 5 heteroatoms. The van der Waals surface area contributed by atoms with E-state index < -0.39 is 0 Å². The summed E-state index contributed by atoms with van der Waals surface area (Å²) in [5.74, 6) is 1.94. The lowest BCUT2D eigenvalue weighted by Gasteiger charge is -2.28. The van der Waals surface area contributed by atoms with Gasteiger partial charge in [-0.25, -0.2) is 4.98 Å². The van der Waals surface area contributed by atoms with Crippen LogP contribution in [-0.4, -0.2) is 22.6 Å². The Kier molecular flexibility index (Phi) is 4.23. The third-order valence-electron chi connectivity index (χ3n) is 3.41. The molecule has 1 aromatic rings. The zero-order valence-electron chi connectivity index (χ0n) is 11.1. The molecule has 0 radical (unpaired) electrons. The Bertz CT molecular complexity index is 397. The summed E-state index contributed by atoms with van der Waals surface area (Å²) in [6.07, 6.45) is 6.44. The molecule has 1 aliphatic rings. The molecule has 18 heavy (non-hydrogen) atoms. The number of hydrogen-bond donors (Lipinski definition) is 2.